The molecule has 14 heavy (non-hydrogen) atoms. The van der Waals surface area contributed by atoms with Crippen LogP contribution in [0.2, 0.25) is 0 Å². The number of benzene rings is 2. The molecule has 0 saturated heterocycles. The third kappa shape index (κ3) is 1.95. The van der Waals surface area contributed by atoms with Gasteiger partial charge in [0.1, 0.15) is 0 Å². The van der Waals surface area contributed by atoms with E-state index in [1.807, 2.05) is 12.1 Å². The topological polar surface area (TPSA) is 3.24 Å². The molecule has 0 saturated carbocycles. The van der Waals surface area contributed by atoms with Gasteiger partial charge in [0.2, 0.25) is 0 Å². The maximum absolute atomic E-state index is 3.26. The smallest absolute Gasteiger partial charge is 0.415 e. The molecular weight excluding hydrogens is 165 g/mol. The third-order valence-corrected chi connectivity index (χ3v) is 2.16. The van der Waals surface area contributed by atoms with Gasteiger partial charge in [0, 0.05) is 0 Å². The molecule has 2 heteroatoms. The van der Waals surface area contributed by atoms with Crippen LogP contribution >= 0.6 is 0 Å². The summed E-state index contributed by atoms with van der Waals surface area (Å²) >= 11 is 0. The van der Waals surface area contributed by atoms with Crippen molar-refractivity contribution in [3.63, 3.8) is 0 Å². The zero-order valence-corrected chi connectivity index (χ0v) is 8.91. The Hall–Kier alpha value is -0.903. The summed E-state index contributed by atoms with van der Waals surface area (Å²) in [5.41, 5.74) is 1.22. The first kappa shape index (κ1) is 11.2. The molecule has 0 atom stereocenters. The molecule has 1 nitrogen and oxygen atoms in total. The molecule has 2 aromatic carbocycles. The van der Waals surface area contributed by atoms with Crippen molar-refractivity contribution in [3.8, 4) is 0 Å². The molecule has 0 N–H and O–H groups in total. The van der Waals surface area contributed by atoms with Gasteiger partial charge in [-0.1, -0.05) is 18.2 Å². The van der Waals surface area contributed by atoms with Crippen LogP contribution in [0.15, 0.2) is 36.4 Å². The summed E-state index contributed by atoms with van der Waals surface area (Å²) in [7, 11) is 4.10. The van der Waals surface area contributed by atoms with E-state index in [1.54, 1.807) is 0 Å². The van der Waals surface area contributed by atoms with Crippen molar-refractivity contribution in [3.05, 3.63) is 42.5 Å². The van der Waals surface area contributed by atoms with Gasteiger partial charge in [0.25, 0.3) is 0 Å². The third-order valence-electron chi connectivity index (χ3n) is 2.16. The molecule has 0 aromatic heterocycles. The van der Waals surface area contributed by atoms with E-state index in [1.165, 1.54) is 16.5 Å². The molecule has 0 aliphatic rings. The van der Waals surface area contributed by atoms with Crippen LogP contribution in [0, 0.1) is 6.07 Å². The normalized spacial score (nSPS) is 9.57. The average molecular weight is 177 g/mol. The van der Waals surface area contributed by atoms with Crippen LogP contribution in [0.3, 0.4) is 0 Å². The molecule has 66 valence electrons. The van der Waals surface area contributed by atoms with E-state index in [4.69, 9.17) is 0 Å². The van der Waals surface area contributed by atoms with Crippen LogP contribution in [-0.4, -0.2) is 14.1 Å². The molecule has 0 bridgehead atoms. The fourth-order valence-corrected chi connectivity index (χ4v) is 1.51. The second kappa shape index (κ2) is 4.55. The van der Waals surface area contributed by atoms with Gasteiger partial charge in [-0.25, -0.2) is 0 Å². The maximum Gasteiger partial charge on any atom is 1.00 e. The second-order valence-corrected chi connectivity index (χ2v) is 3.31. The number of anilines is 1. The zero-order valence-electron chi connectivity index (χ0n) is 8.91. The van der Waals surface area contributed by atoms with Gasteiger partial charge in [-0.2, -0.15) is 0 Å². The van der Waals surface area contributed by atoms with E-state index in [2.05, 4.69) is 49.3 Å². The van der Waals surface area contributed by atoms with E-state index in [-0.39, 0.29) is 18.9 Å². The SMILES string of the molecule is CN(C)c1cccc2ccc[c-]c12.[Li+]. The molecule has 0 unspecified atom stereocenters. The summed E-state index contributed by atoms with van der Waals surface area (Å²) in [6.07, 6.45) is 0. The Kier molecular flexibility index (Phi) is 3.63. The summed E-state index contributed by atoms with van der Waals surface area (Å²) in [4.78, 5) is 2.11. The van der Waals surface area contributed by atoms with Crippen LogP contribution < -0.4 is 23.8 Å². The molecule has 0 amide bonds. The van der Waals surface area contributed by atoms with Crippen molar-refractivity contribution in [1.82, 2.24) is 0 Å². The number of hydrogen-bond acceptors (Lipinski definition) is 1. The zero-order chi connectivity index (χ0) is 9.26. The van der Waals surface area contributed by atoms with Gasteiger partial charge in [-0.15, -0.1) is 35.0 Å². The molecule has 0 aliphatic carbocycles. The molecule has 2 aromatic rings. The standard InChI is InChI=1S/C12H12N.Li/c1-13(2)12-9-5-7-10-6-3-4-8-11(10)12;/h3-7,9H,1-2H3;/q-1;+1. The average Bonchev–Trinajstić information content (AvgIpc) is 2.17. The fraction of sp³-hybridized carbons (Fsp3) is 0.167. The van der Waals surface area contributed by atoms with Crippen molar-refractivity contribution in [2.45, 2.75) is 0 Å². The minimum absolute atomic E-state index is 0. The van der Waals surface area contributed by atoms with Crippen LogP contribution in [0.4, 0.5) is 5.69 Å². The molecule has 0 heterocycles. The molecule has 2 rings (SSSR count). The van der Waals surface area contributed by atoms with Crippen molar-refractivity contribution < 1.29 is 18.9 Å². The molecule has 0 spiro atoms. The fourth-order valence-electron chi connectivity index (χ4n) is 1.51. The van der Waals surface area contributed by atoms with E-state index in [0.717, 1.165) is 0 Å². The molecular formula is C12H12LiN. The number of nitrogens with zero attached hydrogens (tertiary/aromatic N) is 1. The Labute approximate surface area is 96.9 Å². The van der Waals surface area contributed by atoms with Crippen molar-refractivity contribution in [2.24, 2.45) is 0 Å². The minimum atomic E-state index is 0. The second-order valence-electron chi connectivity index (χ2n) is 3.31. The van der Waals surface area contributed by atoms with E-state index < -0.39 is 0 Å². The Balaban J connectivity index is 0.000000980. The van der Waals surface area contributed by atoms with Crippen LogP contribution in [0.1, 0.15) is 0 Å². The predicted molar refractivity (Wildman–Crippen MR) is 57.1 cm³/mol. The molecule has 0 fully saturated rings. The van der Waals surface area contributed by atoms with Crippen molar-refractivity contribution in [1.29, 1.82) is 0 Å². The predicted octanol–water partition coefficient (Wildman–Crippen LogP) is -0.290. The van der Waals surface area contributed by atoms with Gasteiger partial charge in [0.05, 0.1) is 0 Å². The first-order valence-electron chi connectivity index (χ1n) is 4.36. The largest absolute Gasteiger partial charge is 1.00 e. The van der Waals surface area contributed by atoms with Crippen LogP contribution in [0.25, 0.3) is 10.8 Å². The number of fused-ring (bicyclic) bond motifs is 1. The van der Waals surface area contributed by atoms with Crippen molar-refractivity contribution in [2.75, 3.05) is 19.0 Å². The van der Waals surface area contributed by atoms with E-state index in [0.29, 0.717) is 0 Å². The molecule has 0 radical (unpaired) electrons. The quantitative estimate of drug-likeness (QED) is 0.427. The first-order valence-corrected chi connectivity index (χ1v) is 4.36. The monoisotopic (exact) mass is 177 g/mol. The van der Waals surface area contributed by atoms with Gasteiger partial charge in [-0.05, 0) is 19.8 Å². The van der Waals surface area contributed by atoms with E-state index in [9.17, 15) is 0 Å². The van der Waals surface area contributed by atoms with Crippen LogP contribution in [-0.2, 0) is 0 Å². The maximum atomic E-state index is 3.26. The summed E-state index contributed by atoms with van der Waals surface area (Å²) in [6.45, 7) is 0. The summed E-state index contributed by atoms with van der Waals surface area (Å²) in [5, 5.41) is 2.43. The minimum Gasteiger partial charge on any atom is -0.415 e. The number of hydrogen-bond donors (Lipinski definition) is 0. The van der Waals surface area contributed by atoms with Gasteiger partial charge in [0.15, 0.2) is 0 Å². The Bertz CT molecular complexity index is 418. The summed E-state index contributed by atoms with van der Waals surface area (Å²) < 4.78 is 0. The number of rotatable bonds is 1. The van der Waals surface area contributed by atoms with Gasteiger partial charge in [-0.3, -0.25) is 0 Å². The molecule has 0 aliphatic heterocycles. The van der Waals surface area contributed by atoms with Gasteiger partial charge < -0.3 is 4.90 Å². The summed E-state index contributed by atoms with van der Waals surface area (Å²) in [6, 6.07) is 15.6. The Morgan fingerprint density at radius 2 is 1.79 bits per heavy atom. The first-order chi connectivity index (χ1) is 6.29. The Morgan fingerprint density at radius 1 is 1.07 bits per heavy atom. The van der Waals surface area contributed by atoms with Crippen molar-refractivity contribution >= 4 is 16.5 Å². The summed E-state index contributed by atoms with van der Waals surface area (Å²) in [5.74, 6) is 0. The van der Waals surface area contributed by atoms with Crippen LogP contribution in [0.5, 0.6) is 0 Å². The van der Waals surface area contributed by atoms with Gasteiger partial charge >= 0.3 is 18.9 Å². The van der Waals surface area contributed by atoms with E-state index >= 15 is 0 Å². The Morgan fingerprint density at radius 3 is 2.50 bits per heavy atom.